The summed E-state index contributed by atoms with van der Waals surface area (Å²) in [5.74, 6) is 0.176. The third-order valence-corrected chi connectivity index (χ3v) is 3.96. The van der Waals surface area contributed by atoms with Crippen LogP contribution in [0.1, 0.15) is 21.7 Å². The molecule has 2 amide bonds. The highest BCUT2D eigenvalue weighted by molar-refractivity contribution is 6.06. The van der Waals surface area contributed by atoms with Gasteiger partial charge in [0.15, 0.2) is 0 Å². The molecule has 0 radical (unpaired) electrons. The average Bonchev–Trinajstić information content (AvgIpc) is 3.26. The first-order valence-corrected chi connectivity index (χ1v) is 8.69. The van der Waals surface area contributed by atoms with Crippen molar-refractivity contribution in [2.75, 3.05) is 7.11 Å². The van der Waals surface area contributed by atoms with Gasteiger partial charge in [0.1, 0.15) is 17.2 Å². The van der Waals surface area contributed by atoms with E-state index in [0.717, 1.165) is 5.56 Å². The van der Waals surface area contributed by atoms with Crippen molar-refractivity contribution >= 4 is 17.9 Å². The van der Waals surface area contributed by atoms with Crippen LogP contribution in [0.15, 0.2) is 83.1 Å². The molecule has 0 bridgehead atoms. The Morgan fingerprint density at radius 3 is 2.46 bits per heavy atom. The van der Waals surface area contributed by atoms with E-state index in [2.05, 4.69) is 10.6 Å². The number of carbonyl (C=O) groups excluding carboxylic acids is 2. The molecular weight excluding hydrogens is 356 g/mol. The van der Waals surface area contributed by atoms with Crippen LogP contribution in [-0.4, -0.2) is 18.9 Å². The summed E-state index contributed by atoms with van der Waals surface area (Å²) in [6, 6.07) is 19.6. The molecule has 6 nitrogen and oxygen atoms in total. The minimum absolute atomic E-state index is 0.119. The molecule has 2 aromatic carbocycles. The molecule has 0 aliphatic heterocycles. The predicted molar refractivity (Wildman–Crippen MR) is 105 cm³/mol. The van der Waals surface area contributed by atoms with Crippen molar-refractivity contribution in [3.63, 3.8) is 0 Å². The SMILES string of the molecule is COc1ccccc1C(=O)N/C(=C/c1ccccc1)C(=O)NCc1ccco1. The Hall–Kier alpha value is -3.80. The second-order valence-electron chi connectivity index (χ2n) is 5.89. The van der Waals surface area contributed by atoms with Crippen molar-refractivity contribution in [1.82, 2.24) is 10.6 Å². The van der Waals surface area contributed by atoms with Crippen LogP contribution in [0.3, 0.4) is 0 Å². The smallest absolute Gasteiger partial charge is 0.268 e. The lowest BCUT2D eigenvalue weighted by Crippen LogP contribution is -2.34. The summed E-state index contributed by atoms with van der Waals surface area (Å²) < 4.78 is 10.5. The van der Waals surface area contributed by atoms with Crippen molar-refractivity contribution < 1.29 is 18.7 Å². The van der Waals surface area contributed by atoms with Gasteiger partial charge in [-0.1, -0.05) is 42.5 Å². The Labute approximate surface area is 162 Å². The molecule has 3 rings (SSSR count). The number of nitrogens with one attached hydrogen (secondary N) is 2. The number of ether oxygens (including phenoxy) is 1. The van der Waals surface area contributed by atoms with E-state index in [1.54, 1.807) is 42.5 Å². The lowest BCUT2D eigenvalue weighted by molar-refractivity contribution is -0.118. The van der Waals surface area contributed by atoms with Crippen LogP contribution >= 0.6 is 0 Å². The molecule has 6 heteroatoms. The van der Waals surface area contributed by atoms with E-state index in [1.807, 2.05) is 30.3 Å². The fourth-order valence-corrected chi connectivity index (χ4v) is 2.57. The number of hydrogen-bond acceptors (Lipinski definition) is 4. The molecule has 0 unspecified atom stereocenters. The second-order valence-corrected chi connectivity index (χ2v) is 5.89. The van der Waals surface area contributed by atoms with E-state index in [-0.39, 0.29) is 12.2 Å². The number of methoxy groups -OCH3 is 1. The summed E-state index contributed by atoms with van der Waals surface area (Å²) >= 11 is 0. The summed E-state index contributed by atoms with van der Waals surface area (Å²) in [7, 11) is 1.49. The minimum Gasteiger partial charge on any atom is -0.496 e. The van der Waals surface area contributed by atoms with E-state index in [0.29, 0.717) is 17.1 Å². The lowest BCUT2D eigenvalue weighted by atomic mass is 10.1. The second kappa shape index (κ2) is 9.23. The Balaban J connectivity index is 1.82. The van der Waals surface area contributed by atoms with Gasteiger partial charge in [0, 0.05) is 0 Å². The lowest BCUT2D eigenvalue weighted by Gasteiger charge is -2.12. The number of rotatable bonds is 7. The van der Waals surface area contributed by atoms with Crippen LogP contribution in [0, 0.1) is 0 Å². The number of hydrogen-bond donors (Lipinski definition) is 2. The molecule has 1 aromatic heterocycles. The predicted octanol–water partition coefficient (Wildman–Crippen LogP) is 3.38. The molecule has 0 aliphatic rings. The fraction of sp³-hybridized carbons (Fsp3) is 0.0909. The highest BCUT2D eigenvalue weighted by Crippen LogP contribution is 2.17. The topological polar surface area (TPSA) is 80.6 Å². The van der Waals surface area contributed by atoms with Crippen LogP contribution < -0.4 is 15.4 Å². The van der Waals surface area contributed by atoms with E-state index >= 15 is 0 Å². The Kier molecular flexibility index (Phi) is 6.25. The molecule has 142 valence electrons. The van der Waals surface area contributed by atoms with E-state index in [9.17, 15) is 9.59 Å². The zero-order valence-electron chi connectivity index (χ0n) is 15.3. The molecule has 28 heavy (non-hydrogen) atoms. The molecule has 1 heterocycles. The van der Waals surface area contributed by atoms with Crippen molar-refractivity contribution in [2.24, 2.45) is 0 Å². The first-order chi connectivity index (χ1) is 13.7. The average molecular weight is 376 g/mol. The number of amides is 2. The Morgan fingerprint density at radius 2 is 1.75 bits per heavy atom. The molecule has 0 aliphatic carbocycles. The first-order valence-electron chi connectivity index (χ1n) is 8.69. The van der Waals surface area contributed by atoms with Gasteiger partial charge < -0.3 is 19.8 Å². The zero-order valence-corrected chi connectivity index (χ0v) is 15.3. The maximum absolute atomic E-state index is 12.7. The fourth-order valence-electron chi connectivity index (χ4n) is 2.57. The van der Waals surface area contributed by atoms with Crippen LogP contribution in [0.4, 0.5) is 0 Å². The van der Waals surface area contributed by atoms with Crippen LogP contribution in [0.5, 0.6) is 5.75 Å². The molecule has 3 aromatic rings. The minimum atomic E-state index is -0.437. The van der Waals surface area contributed by atoms with Gasteiger partial charge in [0.2, 0.25) is 0 Å². The molecule has 2 N–H and O–H groups in total. The largest absolute Gasteiger partial charge is 0.496 e. The molecule has 0 saturated heterocycles. The van der Waals surface area contributed by atoms with Gasteiger partial charge in [0.05, 0.1) is 25.5 Å². The third-order valence-electron chi connectivity index (χ3n) is 3.96. The normalized spacial score (nSPS) is 11.0. The van der Waals surface area contributed by atoms with Crippen molar-refractivity contribution in [3.8, 4) is 5.75 Å². The summed E-state index contributed by atoms with van der Waals surface area (Å²) in [6.45, 7) is 0.211. The summed E-state index contributed by atoms with van der Waals surface area (Å²) in [4.78, 5) is 25.4. The third kappa shape index (κ3) is 4.88. The Bertz CT molecular complexity index is 963. The van der Waals surface area contributed by atoms with Gasteiger partial charge in [-0.05, 0) is 35.9 Å². The standard InChI is InChI=1S/C22H20N2O4/c1-27-20-12-6-5-11-18(20)21(25)24-19(14-16-8-3-2-4-9-16)22(26)23-15-17-10-7-13-28-17/h2-14H,15H2,1H3,(H,23,26)(H,24,25)/b19-14+. The molecule has 0 saturated carbocycles. The Morgan fingerprint density at radius 1 is 1.00 bits per heavy atom. The van der Waals surface area contributed by atoms with Crippen LogP contribution in [0.2, 0.25) is 0 Å². The molecule has 0 atom stereocenters. The van der Waals surface area contributed by atoms with Crippen molar-refractivity contribution in [1.29, 1.82) is 0 Å². The summed E-state index contributed by atoms with van der Waals surface area (Å²) in [5.41, 5.74) is 1.24. The van der Waals surface area contributed by atoms with E-state index in [1.165, 1.54) is 13.4 Å². The van der Waals surface area contributed by atoms with Gasteiger partial charge in [-0.15, -0.1) is 0 Å². The maximum Gasteiger partial charge on any atom is 0.268 e. The van der Waals surface area contributed by atoms with Gasteiger partial charge in [0.25, 0.3) is 11.8 Å². The number of para-hydroxylation sites is 1. The molecule has 0 fully saturated rings. The molecular formula is C22H20N2O4. The maximum atomic E-state index is 12.7. The van der Waals surface area contributed by atoms with Crippen LogP contribution in [0.25, 0.3) is 6.08 Å². The van der Waals surface area contributed by atoms with Crippen molar-refractivity contribution in [2.45, 2.75) is 6.54 Å². The highest BCUT2D eigenvalue weighted by atomic mass is 16.5. The van der Waals surface area contributed by atoms with Crippen LogP contribution in [-0.2, 0) is 11.3 Å². The highest BCUT2D eigenvalue weighted by Gasteiger charge is 2.17. The van der Waals surface area contributed by atoms with E-state index < -0.39 is 11.8 Å². The first kappa shape index (κ1) is 19.0. The zero-order chi connectivity index (χ0) is 19.8. The summed E-state index contributed by atoms with van der Waals surface area (Å²) in [6.07, 6.45) is 3.15. The number of furan rings is 1. The van der Waals surface area contributed by atoms with E-state index in [4.69, 9.17) is 9.15 Å². The number of carbonyl (C=O) groups is 2. The van der Waals surface area contributed by atoms with Gasteiger partial charge in [-0.25, -0.2) is 0 Å². The molecule has 0 spiro atoms. The monoisotopic (exact) mass is 376 g/mol. The quantitative estimate of drug-likeness (QED) is 0.620. The summed E-state index contributed by atoms with van der Waals surface area (Å²) in [5, 5.41) is 5.43. The van der Waals surface area contributed by atoms with Gasteiger partial charge in [-0.3, -0.25) is 9.59 Å². The van der Waals surface area contributed by atoms with Crippen molar-refractivity contribution in [3.05, 3.63) is 95.6 Å². The van der Waals surface area contributed by atoms with Gasteiger partial charge >= 0.3 is 0 Å². The number of benzene rings is 2. The van der Waals surface area contributed by atoms with Gasteiger partial charge in [-0.2, -0.15) is 0 Å².